The van der Waals surface area contributed by atoms with E-state index in [4.69, 9.17) is 0 Å². The molecule has 20 heavy (non-hydrogen) atoms. The van der Waals surface area contributed by atoms with Crippen LogP contribution in [-0.4, -0.2) is 16.0 Å². The molecule has 2 aromatic carbocycles. The van der Waals surface area contributed by atoms with Crippen LogP contribution in [0.3, 0.4) is 0 Å². The molecule has 1 aromatic heterocycles. The van der Waals surface area contributed by atoms with Gasteiger partial charge in [0.1, 0.15) is 5.75 Å². The van der Waals surface area contributed by atoms with E-state index in [1.807, 2.05) is 24.3 Å². The molecule has 0 aliphatic heterocycles. The Morgan fingerprint density at radius 2 is 1.90 bits per heavy atom. The van der Waals surface area contributed by atoms with Gasteiger partial charge in [-0.2, -0.15) is 0 Å². The summed E-state index contributed by atoms with van der Waals surface area (Å²) in [6.45, 7) is 0. The van der Waals surface area contributed by atoms with Crippen LogP contribution in [0.4, 0.5) is 5.69 Å². The second-order valence-electron chi connectivity index (χ2n) is 4.38. The number of para-hydroxylation sites is 1. The molecule has 2 N–H and O–H groups in total. The standard InChI is InChI=1S/C16H12N2O2/c19-15-6-2-1-5-13(15)16(20)18-12-7-8-14-11(10-12)4-3-9-17-14/h1-10,19H,(H,18,20). The molecule has 0 bridgehead atoms. The molecule has 0 radical (unpaired) electrons. The van der Waals surface area contributed by atoms with Crippen molar-refractivity contribution in [1.29, 1.82) is 0 Å². The zero-order valence-corrected chi connectivity index (χ0v) is 10.6. The Labute approximate surface area is 115 Å². The fraction of sp³-hybridized carbons (Fsp3) is 0. The Hall–Kier alpha value is -2.88. The molecule has 1 amide bonds. The van der Waals surface area contributed by atoms with Crippen molar-refractivity contribution in [2.24, 2.45) is 0 Å². The highest BCUT2D eigenvalue weighted by Crippen LogP contribution is 2.20. The van der Waals surface area contributed by atoms with Gasteiger partial charge in [-0.15, -0.1) is 0 Å². The number of pyridine rings is 1. The summed E-state index contributed by atoms with van der Waals surface area (Å²) in [7, 11) is 0. The number of phenolic OH excluding ortho intramolecular Hbond substituents is 1. The molecule has 0 saturated carbocycles. The molecule has 0 aliphatic carbocycles. The van der Waals surface area contributed by atoms with Crippen molar-refractivity contribution in [3.63, 3.8) is 0 Å². The molecule has 0 fully saturated rings. The number of benzene rings is 2. The number of hydrogen-bond acceptors (Lipinski definition) is 3. The Kier molecular flexibility index (Phi) is 3.05. The Morgan fingerprint density at radius 1 is 1.05 bits per heavy atom. The van der Waals surface area contributed by atoms with E-state index in [0.717, 1.165) is 10.9 Å². The van der Waals surface area contributed by atoms with E-state index in [1.165, 1.54) is 6.07 Å². The number of carbonyl (C=O) groups is 1. The lowest BCUT2D eigenvalue weighted by molar-refractivity contribution is 0.102. The highest BCUT2D eigenvalue weighted by Gasteiger charge is 2.10. The van der Waals surface area contributed by atoms with Gasteiger partial charge in [0.05, 0.1) is 11.1 Å². The first-order valence-corrected chi connectivity index (χ1v) is 6.18. The van der Waals surface area contributed by atoms with Crippen molar-refractivity contribution in [3.05, 3.63) is 66.4 Å². The third kappa shape index (κ3) is 2.31. The predicted octanol–water partition coefficient (Wildman–Crippen LogP) is 3.19. The van der Waals surface area contributed by atoms with Gasteiger partial charge in [-0.05, 0) is 36.4 Å². The van der Waals surface area contributed by atoms with Crippen LogP contribution in [0.1, 0.15) is 10.4 Å². The number of fused-ring (bicyclic) bond motifs is 1. The number of phenols is 1. The maximum atomic E-state index is 12.1. The molecule has 3 rings (SSSR count). The lowest BCUT2D eigenvalue weighted by Gasteiger charge is -2.07. The number of rotatable bonds is 2. The van der Waals surface area contributed by atoms with E-state index in [1.54, 1.807) is 30.5 Å². The van der Waals surface area contributed by atoms with E-state index in [9.17, 15) is 9.90 Å². The van der Waals surface area contributed by atoms with Gasteiger partial charge in [0, 0.05) is 17.3 Å². The van der Waals surface area contributed by atoms with Crippen molar-refractivity contribution in [1.82, 2.24) is 4.98 Å². The molecule has 3 aromatic rings. The summed E-state index contributed by atoms with van der Waals surface area (Å²) in [4.78, 5) is 16.3. The first-order chi connectivity index (χ1) is 9.74. The van der Waals surface area contributed by atoms with Crippen LogP contribution >= 0.6 is 0 Å². The van der Waals surface area contributed by atoms with E-state index in [0.29, 0.717) is 5.69 Å². The van der Waals surface area contributed by atoms with Crippen LogP contribution in [-0.2, 0) is 0 Å². The largest absolute Gasteiger partial charge is 0.507 e. The monoisotopic (exact) mass is 264 g/mol. The van der Waals surface area contributed by atoms with Gasteiger partial charge >= 0.3 is 0 Å². The zero-order chi connectivity index (χ0) is 13.9. The quantitative estimate of drug-likeness (QED) is 0.747. The number of nitrogens with one attached hydrogen (secondary N) is 1. The number of anilines is 1. The molecular formula is C16H12N2O2. The van der Waals surface area contributed by atoms with Crippen LogP contribution in [0.15, 0.2) is 60.8 Å². The molecule has 98 valence electrons. The number of aromatic hydroxyl groups is 1. The third-order valence-corrected chi connectivity index (χ3v) is 3.01. The highest BCUT2D eigenvalue weighted by molar-refractivity contribution is 6.06. The van der Waals surface area contributed by atoms with E-state index in [-0.39, 0.29) is 17.2 Å². The number of aromatic nitrogens is 1. The molecule has 0 atom stereocenters. The molecule has 4 heteroatoms. The maximum Gasteiger partial charge on any atom is 0.259 e. The van der Waals surface area contributed by atoms with Crippen molar-refractivity contribution in [2.45, 2.75) is 0 Å². The second-order valence-corrected chi connectivity index (χ2v) is 4.38. The average molecular weight is 264 g/mol. The number of carbonyl (C=O) groups excluding carboxylic acids is 1. The number of amides is 1. The first kappa shape index (κ1) is 12.2. The summed E-state index contributed by atoms with van der Waals surface area (Å²) in [5, 5.41) is 13.4. The molecular weight excluding hydrogens is 252 g/mol. The predicted molar refractivity (Wildman–Crippen MR) is 77.8 cm³/mol. The molecule has 0 unspecified atom stereocenters. The minimum atomic E-state index is -0.341. The molecule has 0 spiro atoms. The minimum absolute atomic E-state index is 0.0348. The topological polar surface area (TPSA) is 62.2 Å². The third-order valence-electron chi connectivity index (χ3n) is 3.01. The molecule has 0 aliphatic rings. The molecule has 1 heterocycles. The molecule has 0 saturated heterocycles. The SMILES string of the molecule is O=C(Nc1ccc2ncccc2c1)c1ccccc1O. The summed E-state index contributed by atoms with van der Waals surface area (Å²) in [6, 6.07) is 15.7. The van der Waals surface area contributed by atoms with Crippen molar-refractivity contribution in [2.75, 3.05) is 5.32 Å². The van der Waals surface area contributed by atoms with Gasteiger partial charge < -0.3 is 10.4 Å². The summed E-state index contributed by atoms with van der Waals surface area (Å²) < 4.78 is 0. The number of nitrogens with zero attached hydrogens (tertiary/aromatic N) is 1. The zero-order valence-electron chi connectivity index (χ0n) is 10.6. The minimum Gasteiger partial charge on any atom is -0.507 e. The second kappa shape index (κ2) is 5.01. The van der Waals surface area contributed by atoms with Gasteiger partial charge in [0.15, 0.2) is 0 Å². The Balaban J connectivity index is 1.89. The summed E-state index contributed by atoms with van der Waals surface area (Å²) in [5.74, 6) is -0.376. The fourth-order valence-corrected chi connectivity index (χ4v) is 2.02. The van der Waals surface area contributed by atoms with Crippen LogP contribution in [0, 0.1) is 0 Å². The Morgan fingerprint density at radius 3 is 2.75 bits per heavy atom. The van der Waals surface area contributed by atoms with Crippen molar-refractivity contribution in [3.8, 4) is 5.75 Å². The maximum absolute atomic E-state index is 12.1. The van der Waals surface area contributed by atoms with Crippen molar-refractivity contribution >= 4 is 22.5 Å². The fourth-order valence-electron chi connectivity index (χ4n) is 2.02. The van der Waals surface area contributed by atoms with Gasteiger partial charge in [0.2, 0.25) is 0 Å². The van der Waals surface area contributed by atoms with E-state index < -0.39 is 0 Å². The van der Waals surface area contributed by atoms with Gasteiger partial charge in [-0.3, -0.25) is 9.78 Å². The smallest absolute Gasteiger partial charge is 0.259 e. The van der Waals surface area contributed by atoms with Crippen LogP contribution in [0.2, 0.25) is 0 Å². The van der Waals surface area contributed by atoms with Crippen LogP contribution in [0.5, 0.6) is 5.75 Å². The summed E-state index contributed by atoms with van der Waals surface area (Å²) in [6.07, 6.45) is 1.72. The lowest BCUT2D eigenvalue weighted by Crippen LogP contribution is -2.11. The number of hydrogen-bond donors (Lipinski definition) is 2. The van der Waals surface area contributed by atoms with Crippen LogP contribution < -0.4 is 5.32 Å². The lowest BCUT2D eigenvalue weighted by atomic mass is 10.1. The van der Waals surface area contributed by atoms with E-state index in [2.05, 4.69) is 10.3 Å². The van der Waals surface area contributed by atoms with Crippen molar-refractivity contribution < 1.29 is 9.90 Å². The average Bonchev–Trinajstić information content (AvgIpc) is 2.47. The van der Waals surface area contributed by atoms with Gasteiger partial charge in [-0.25, -0.2) is 0 Å². The van der Waals surface area contributed by atoms with Crippen LogP contribution in [0.25, 0.3) is 10.9 Å². The molecule has 4 nitrogen and oxygen atoms in total. The highest BCUT2D eigenvalue weighted by atomic mass is 16.3. The summed E-state index contributed by atoms with van der Waals surface area (Å²) in [5.41, 5.74) is 1.78. The normalized spacial score (nSPS) is 10.4. The van der Waals surface area contributed by atoms with Gasteiger partial charge in [-0.1, -0.05) is 18.2 Å². The first-order valence-electron chi connectivity index (χ1n) is 6.18. The summed E-state index contributed by atoms with van der Waals surface area (Å²) >= 11 is 0. The van der Waals surface area contributed by atoms with E-state index >= 15 is 0 Å². The Bertz CT molecular complexity index is 784. The van der Waals surface area contributed by atoms with Gasteiger partial charge in [0.25, 0.3) is 5.91 Å².